The maximum absolute atomic E-state index is 5.87. The molecule has 1 fully saturated rings. The fourth-order valence-electron chi connectivity index (χ4n) is 3.11. The van der Waals surface area contributed by atoms with Gasteiger partial charge in [-0.2, -0.15) is 0 Å². The van der Waals surface area contributed by atoms with E-state index >= 15 is 0 Å². The highest BCUT2D eigenvalue weighted by molar-refractivity contribution is 4.90. The van der Waals surface area contributed by atoms with Crippen LogP contribution in [0.15, 0.2) is 0 Å². The minimum absolute atomic E-state index is 0.325. The maximum Gasteiger partial charge on any atom is -0.00232 e. The average Bonchev–Trinajstić information content (AvgIpc) is 2.00. The third-order valence-corrected chi connectivity index (χ3v) is 4.02. The normalized spacial score (nSPS) is 33.0. The fraction of sp³-hybridized carbons (Fsp3) is 1.00. The van der Waals surface area contributed by atoms with Gasteiger partial charge in [-0.3, -0.25) is 0 Å². The highest BCUT2D eigenvalue weighted by Crippen LogP contribution is 2.47. The molecule has 0 aromatic carbocycles. The first-order valence-corrected chi connectivity index (χ1v) is 5.97. The molecule has 1 heteroatoms. The van der Waals surface area contributed by atoms with Crippen LogP contribution in [0.1, 0.15) is 53.9 Å². The zero-order valence-corrected chi connectivity index (χ0v) is 10.6. The molecule has 2 atom stereocenters. The van der Waals surface area contributed by atoms with Crippen LogP contribution in [0.2, 0.25) is 0 Å². The summed E-state index contributed by atoms with van der Waals surface area (Å²) < 4.78 is 0. The van der Waals surface area contributed by atoms with E-state index in [1.165, 1.54) is 19.3 Å². The monoisotopic (exact) mass is 197 g/mol. The van der Waals surface area contributed by atoms with Crippen LogP contribution in [0.3, 0.4) is 0 Å². The van der Waals surface area contributed by atoms with Crippen LogP contribution in [-0.4, -0.2) is 6.54 Å². The number of rotatable bonds is 2. The van der Waals surface area contributed by atoms with Crippen molar-refractivity contribution >= 4 is 0 Å². The molecule has 0 spiro atoms. The number of hydrogen-bond acceptors (Lipinski definition) is 1. The van der Waals surface area contributed by atoms with Crippen LogP contribution in [0.4, 0.5) is 0 Å². The second-order valence-electron chi connectivity index (χ2n) is 6.80. The summed E-state index contributed by atoms with van der Waals surface area (Å²) in [6, 6.07) is 0. The first-order valence-electron chi connectivity index (χ1n) is 5.97. The summed E-state index contributed by atoms with van der Waals surface area (Å²) in [5.41, 5.74) is 6.72. The molecule has 1 aliphatic carbocycles. The van der Waals surface area contributed by atoms with Crippen LogP contribution in [0.25, 0.3) is 0 Å². The van der Waals surface area contributed by atoms with Gasteiger partial charge >= 0.3 is 0 Å². The van der Waals surface area contributed by atoms with Gasteiger partial charge in [-0.15, -0.1) is 0 Å². The second kappa shape index (κ2) is 3.84. The minimum Gasteiger partial charge on any atom is -0.330 e. The lowest BCUT2D eigenvalue weighted by molar-refractivity contribution is 0.0581. The lowest BCUT2D eigenvalue weighted by Crippen LogP contribution is -2.39. The molecule has 1 saturated carbocycles. The molecule has 14 heavy (non-hydrogen) atoms. The molecule has 0 aromatic heterocycles. The van der Waals surface area contributed by atoms with E-state index in [-0.39, 0.29) is 0 Å². The van der Waals surface area contributed by atoms with Crippen molar-refractivity contribution in [3.8, 4) is 0 Å². The van der Waals surface area contributed by atoms with Crippen LogP contribution in [0.5, 0.6) is 0 Å². The Kier molecular flexibility index (Phi) is 3.30. The van der Waals surface area contributed by atoms with Crippen molar-refractivity contribution < 1.29 is 0 Å². The molecule has 0 aliphatic heterocycles. The Morgan fingerprint density at radius 1 is 1.29 bits per heavy atom. The van der Waals surface area contributed by atoms with Gasteiger partial charge in [-0.1, -0.05) is 34.6 Å². The maximum atomic E-state index is 5.87. The first kappa shape index (κ1) is 12.0. The summed E-state index contributed by atoms with van der Waals surface area (Å²) >= 11 is 0. The lowest BCUT2D eigenvalue weighted by atomic mass is 9.61. The van der Waals surface area contributed by atoms with Crippen molar-refractivity contribution in [1.29, 1.82) is 0 Å². The van der Waals surface area contributed by atoms with Gasteiger partial charge < -0.3 is 5.73 Å². The molecule has 0 bridgehead atoms. The molecular formula is C13H27N. The van der Waals surface area contributed by atoms with Gasteiger partial charge in [0.15, 0.2) is 0 Å². The lowest BCUT2D eigenvalue weighted by Gasteiger charge is -2.45. The quantitative estimate of drug-likeness (QED) is 0.721. The molecule has 84 valence electrons. The van der Waals surface area contributed by atoms with Crippen molar-refractivity contribution in [1.82, 2.24) is 0 Å². The second-order valence-corrected chi connectivity index (χ2v) is 6.80. The molecular weight excluding hydrogens is 170 g/mol. The van der Waals surface area contributed by atoms with E-state index in [0.717, 1.165) is 18.4 Å². The van der Waals surface area contributed by atoms with Crippen molar-refractivity contribution in [2.75, 3.05) is 6.54 Å². The van der Waals surface area contributed by atoms with Crippen LogP contribution < -0.4 is 5.73 Å². The van der Waals surface area contributed by atoms with E-state index in [1.54, 1.807) is 0 Å². The predicted molar refractivity (Wildman–Crippen MR) is 63.1 cm³/mol. The van der Waals surface area contributed by atoms with Crippen molar-refractivity contribution in [3.63, 3.8) is 0 Å². The molecule has 1 aliphatic rings. The summed E-state index contributed by atoms with van der Waals surface area (Å²) in [5, 5.41) is 0. The van der Waals surface area contributed by atoms with E-state index in [2.05, 4.69) is 34.6 Å². The van der Waals surface area contributed by atoms with Crippen molar-refractivity contribution in [2.45, 2.75) is 53.9 Å². The summed E-state index contributed by atoms with van der Waals surface area (Å²) in [6.45, 7) is 12.7. The van der Waals surface area contributed by atoms with Crippen LogP contribution >= 0.6 is 0 Å². The third-order valence-electron chi connectivity index (χ3n) is 4.02. The molecule has 0 aromatic rings. The Bertz CT molecular complexity index is 193. The molecule has 0 saturated heterocycles. The van der Waals surface area contributed by atoms with Crippen molar-refractivity contribution in [2.24, 2.45) is 28.4 Å². The number of hydrogen-bond donors (Lipinski definition) is 1. The number of nitrogens with two attached hydrogens (primary N) is 1. The molecule has 2 N–H and O–H groups in total. The van der Waals surface area contributed by atoms with Gasteiger partial charge in [0, 0.05) is 0 Å². The van der Waals surface area contributed by atoms with E-state index in [9.17, 15) is 0 Å². The van der Waals surface area contributed by atoms with Crippen LogP contribution in [-0.2, 0) is 0 Å². The Hall–Kier alpha value is -0.0400. The van der Waals surface area contributed by atoms with Gasteiger partial charge in [0.1, 0.15) is 0 Å². The van der Waals surface area contributed by atoms with E-state index < -0.39 is 0 Å². The van der Waals surface area contributed by atoms with Gasteiger partial charge in [0.25, 0.3) is 0 Å². The zero-order valence-electron chi connectivity index (χ0n) is 10.6. The molecule has 0 heterocycles. The van der Waals surface area contributed by atoms with Gasteiger partial charge in [-0.25, -0.2) is 0 Å². The van der Waals surface area contributed by atoms with E-state index in [0.29, 0.717) is 10.8 Å². The van der Waals surface area contributed by atoms with Crippen molar-refractivity contribution in [3.05, 3.63) is 0 Å². The Labute approximate surface area is 89.5 Å². The summed E-state index contributed by atoms with van der Waals surface area (Å²) in [7, 11) is 0. The SMILES string of the molecule is CC1CC(C(C)(C)CN)CC(C)(C)C1. The van der Waals surface area contributed by atoms with Crippen LogP contribution in [0, 0.1) is 22.7 Å². The van der Waals surface area contributed by atoms with Gasteiger partial charge in [0.05, 0.1) is 0 Å². The smallest absolute Gasteiger partial charge is 0.00232 e. The first-order chi connectivity index (χ1) is 6.27. The highest BCUT2D eigenvalue weighted by atomic mass is 14.6. The topological polar surface area (TPSA) is 26.0 Å². The Morgan fingerprint density at radius 2 is 1.86 bits per heavy atom. The zero-order chi connectivity index (χ0) is 11.0. The molecule has 0 amide bonds. The third kappa shape index (κ3) is 2.73. The molecule has 1 nitrogen and oxygen atoms in total. The highest BCUT2D eigenvalue weighted by Gasteiger charge is 2.38. The van der Waals surface area contributed by atoms with E-state index in [1.807, 2.05) is 0 Å². The van der Waals surface area contributed by atoms with Gasteiger partial charge in [0.2, 0.25) is 0 Å². The average molecular weight is 197 g/mol. The molecule has 0 radical (unpaired) electrons. The Morgan fingerprint density at radius 3 is 2.29 bits per heavy atom. The summed E-state index contributed by atoms with van der Waals surface area (Å²) in [6.07, 6.45) is 4.10. The minimum atomic E-state index is 0.325. The molecule has 2 unspecified atom stereocenters. The molecule has 1 rings (SSSR count). The standard InChI is InChI=1S/C13H27N/c1-10-6-11(13(4,5)9-14)8-12(2,3)7-10/h10-11H,6-9,14H2,1-5H3. The van der Waals surface area contributed by atoms with E-state index in [4.69, 9.17) is 5.73 Å². The summed E-state index contributed by atoms with van der Waals surface area (Å²) in [4.78, 5) is 0. The largest absolute Gasteiger partial charge is 0.330 e. The predicted octanol–water partition coefficient (Wildman–Crippen LogP) is 3.43. The Balaban J connectivity index is 2.71. The van der Waals surface area contributed by atoms with Gasteiger partial charge in [-0.05, 0) is 48.5 Å². The summed E-state index contributed by atoms with van der Waals surface area (Å²) in [5.74, 6) is 1.68. The fourth-order valence-corrected chi connectivity index (χ4v) is 3.11.